The molecule has 0 saturated heterocycles. The van der Waals surface area contributed by atoms with Gasteiger partial charge in [0, 0.05) is 0 Å². The zero-order valence-corrected chi connectivity index (χ0v) is 11.2. The van der Waals surface area contributed by atoms with Crippen LogP contribution in [-0.4, -0.2) is 49.3 Å². The first kappa shape index (κ1) is 15.3. The molecule has 18 heavy (non-hydrogen) atoms. The second kappa shape index (κ2) is 5.47. The van der Waals surface area contributed by atoms with Gasteiger partial charge in [0.15, 0.2) is 6.04 Å². The third kappa shape index (κ3) is 3.86. The highest BCUT2D eigenvalue weighted by molar-refractivity contribution is 5.80. The molecular formula is C12H22F3N2O+. The molecule has 0 aromatic carbocycles. The number of amides is 1. The molecule has 106 valence electrons. The number of quaternary nitrogens is 1. The predicted molar refractivity (Wildman–Crippen MR) is 62.9 cm³/mol. The van der Waals surface area contributed by atoms with Gasteiger partial charge >= 0.3 is 6.18 Å². The molecule has 1 aliphatic carbocycles. The number of alkyl halides is 3. The Balaban J connectivity index is 2.56. The Bertz CT molecular complexity index is 296. The van der Waals surface area contributed by atoms with Gasteiger partial charge in [-0.25, -0.2) is 0 Å². The third-order valence-electron chi connectivity index (χ3n) is 4.11. The Morgan fingerprint density at radius 2 is 1.83 bits per heavy atom. The van der Waals surface area contributed by atoms with Crippen molar-refractivity contribution in [3.05, 3.63) is 0 Å². The minimum atomic E-state index is -4.35. The maximum atomic E-state index is 12.1. The van der Waals surface area contributed by atoms with Crippen LogP contribution in [0.1, 0.15) is 32.6 Å². The van der Waals surface area contributed by atoms with Crippen LogP contribution in [0.4, 0.5) is 13.2 Å². The highest BCUT2D eigenvalue weighted by Gasteiger charge is 2.40. The second-order valence-electron chi connectivity index (χ2n) is 5.58. The molecule has 0 spiro atoms. The Hall–Kier alpha value is -0.780. The van der Waals surface area contributed by atoms with Crippen LogP contribution in [0, 0.1) is 0 Å². The number of nitrogens with one attached hydrogen (secondary N) is 1. The molecule has 1 rings (SSSR count). The fraction of sp³-hybridized carbons (Fsp3) is 0.917. The van der Waals surface area contributed by atoms with Gasteiger partial charge < -0.3 is 9.80 Å². The summed E-state index contributed by atoms with van der Waals surface area (Å²) in [5.74, 6) is -0.524. The van der Waals surface area contributed by atoms with E-state index in [9.17, 15) is 18.0 Å². The number of rotatable bonds is 4. The standard InChI is InChI=1S/C12H21F3N2O/c1-9(11(18)16-8-12(13,14)15)17(2,3)10-6-4-5-7-10/h9-10H,4-8H2,1-3H3/p+1/t9-/m1/s1. The Morgan fingerprint density at radius 3 is 2.28 bits per heavy atom. The molecular weight excluding hydrogens is 245 g/mol. The van der Waals surface area contributed by atoms with Gasteiger partial charge in [0.1, 0.15) is 6.54 Å². The van der Waals surface area contributed by atoms with E-state index in [2.05, 4.69) is 0 Å². The zero-order chi connectivity index (χ0) is 14.0. The first-order valence-electron chi connectivity index (χ1n) is 6.32. The minimum Gasteiger partial charge on any atom is -0.342 e. The molecule has 0 unspecified atom stereocenters. The largest absolute Gasteiger partial charge is 0.405 e. The van der Waals surface area contributed by atoms with E-state index in [1.165, 1.54) is 0 Å². The molecule has 0 radical (unpaired) electrons. The molecule has 1 aliphatic rings. The van der Waals surface area contributed by atoms with Crippen molar-refractivity contribution >= 4 is 5.91 Å². The molecule has 1 saturated carbocycles. The quantitative estimate of drug-likeness (QED) is 0.776. The molecule has 3 nitrogen and oxygen atoms in total. The van der Waals surface area contributed by atoms with E-state index in [-0.39, 0.29) is 0 Å². The lowest BCUT2D eigenvalue weighted by molar-refractivity contribution is -0.927. The molecule has 0 heterocycles. The summed E-state index contributed by atoms with van der Waals surface area (Å²) in [6.45, 7) is 0.449. The zero-order valence-electron chi connectivity index (χ0n) is 11.2. The number of carbonyl (C=O) groups is 1. The molecule has 1 atom stereocenters. The molecule has 0 aliphatic heterocycles. The van der Waals surface area contributed by atoms with E-state index in [1.807, 2.05) is 19.4 Å². The van der Waals surface area contributed by atoms with Crippen LogP contribution in [-0.2, 0) is 4.79 Å². The average Bonchev–Trinajstić information content (AvgIpc) is 2.77. The number of hydrogen-bond acceptors (Lipinski definition) is 1. The van der Waals surface area contributed by atoms with Crippen molar-refractivity contribution in [1.29, 1.82) is 0 Å². The lowest BCUT2D eigenvalue weighted by Crippen LogP contribution is -2.59. The summed E-state index contributed by atoms with van der Waals surface area (Å²) >= 11 is 0. The maximum Gasteiger partial charge on any atom is 0.405 e. The van der Waals surface area contributed by atoms with E-state index in [0.717, 1.165) is 25.7 Å². The van der Waals surface area contributed by atoms with Crippen LogP contribution in [0.5, 0.6) is 0 Å². The lowest BCUT2D eigenvalue weighted by Gasteiger charge is -2.40. The highest BCUT2D eigenvalue weighted by atomic mass is 19.4. The topological polar surface area (TPSA) is 29.1 Å². The smallest absolute Gasteiger partial charge is 0.342 e. The van der Waals surface area contributed by atoms with Crippen LogP contribution >= 0.6 is 0 Å². The summed E-state index contributed by atoms with van der Waals surface area (Å²) in [7, 11) is 3.85. The van der Waals surface area contributed by atoms with Gasteiger partial charge in [-0.1, -0.05) is 0 Å². The van der Waals surface area contributed by atoms with Crippen molar-refractivity contribution in [2.24, 2.45) is 0 Å². The molecule has 0 bridgehead atoms. The second-order valence-corrected chi connectivity index (χ2v) is 5.58. The van der Waals surface area contributed by atoms with Crippen LogP contribution in [0.2, 0.25) is 0 Å². The predicted octanol–water partition coefficient (Wildman–Crippen LogP) is 2.07. The van der Waals surface area contributed by atoms with Gasteiger partial charge in [-0.05, 0) is 32.6 Å². The SMILES string of the molecule is C[C@H](C(=O)NCC(F)(F)F)[N+](C)(C)C1CCCC1. The Kier molecular flexibility index (Phi) is 4.64. The fourth-order valence-electron chi connectivity index (χ4n) is 2.52. The highest BCUT2D eigenvalue weighted by Crippen LogP contribution is 2.28. The van der Waals surface area contributed by atoms with Crippen LogP contribution in [0.3, 0.4) is 0 Å². The average molecular weight is 267 g/mol. The monoisotopic (exact) mass is 267 g/mol. The number of likely N-dealkylation sites (N-methyl/N-ethyl adjacent to an activating group) is 1. The first-order chi connectivity index (χ1) is 8.14. The van der Waals surface area contributed by atoms with E-state index in [0.29, 0.717) is 10.5 Å². The van der Waals surface area contributed by atoms with Gasteiger partial charge in [-0.3, -0.25) is 4.79 Å². The lowest BCUT2D eigenvalue weighted by atomic mass is 10.1. The van der Waals surface area contributed by atoms with E-state index < -0.39 is 24.7 Å². The molecule has 6 heteroatoms. The van der Waals surface area contributed by atoms with Crippen molar-refractivity contribution in [1.82, 2.24) is 5.32 Å². The van der Waals surface area contributed by atoms with Crippen molar-refractivity contribution in [3.63, 3.8) is 0 Å². The fourth-order valence-corrected chi connectivity index (χ4v) is 2.52. The van der Waals surface area contributed by atoms with Crippen molar-refractivity contribution in [2.45, 2.75) is 50.9 Å². The molecule has 0 aromatic rings. The van der Waals surface area contributed by atoms with Crippen molar-refractivity contribution in [2.75, 3.05) is 20.6 Å². The summed E-state index contributed by atoms with van der Waals surface area (Å²) in [6, 6.07) is -0.0907. The summed E-state index contributed by atoms with van der Waals surface area (Å²) < 4.78 is 36.6. The van der Waals surface area contributed by atoms with Crippen LogP contribution in [0.15, 0.2) is 0 Å². The van der Waals surface area contributed by atoms with Crippen LogP contribution < -0.4 is 5.32 Å². The van der Waals surface area contributed by atoms with Gasteiger partial charge in [-0.15, -0.1) is 0 Å². The van der Waals surface area contributed by atoms with Gasteiger partial charge in [0.2, 0.25) is 0 Å². The minimum absolute atomic E-state index is 0.372. The molecule has 1 amide bonds. The third-order valence-corrected chi connectivity index (χ3v) is 4.11. The number of nitrogens with zero attached hydrogens (tertiary/aromatic N) is 1. The van der Waals surface area contributed by atoms with Gasteiger partial charge in [0.25, 0.3) is 5.91 Å². The van der Waals surface area contributed by atoms with E-state index in [4.69, 9.17) is 0 Å². The number of halogens is 3. The van der Waals surface area contributed by atoms with E-state index in [1.54, 1.807) is 6.92 Å². The summed E-state index contributed by atoms with van der Waals surface area (Å²) in [5, 5.41) is 1.97. The van der Waals surface area contributed by atoms with Crippen molar-refractivity contribution < 1.29 is 22.4 Å². The summed E-state index contributed by atoms with van der Waals surface area (Å²) in [6.07, 6.45) is 0.0279. The number of carbonyl (C=O) groups excluding carboxylic acids is 1. The Labute approximate surface area is 106 Å². The van der Waals surface area contributed by atoms with Crippen molar-refractivity contribution in [3.8, 4) is 0 Å². The number of hydrogen-bond donors (Lipinski definition) is 1. The Morgan fingerprint density at radius 1 is 1.33 bits per heavy atom. The van der Waals surface area contributed by atoms with Crippen LogP contribution in [0.25, 0.3) is 0 Å². The molecule has 1 fully saturated rings. The summed E-state index contributed by atoms with van der Waals surface area (Å²) in [4.78, 5) is 11.8. The van der Waals surface area contributed by atoms with Gasteiger partial charge in [0.05, 0.1) is 20.1 Å². The molecule has 0 aromatic heterocycles. The van der Waals surface area contributed by atoms with E-state index >= 15 is 0 Å². The molecule has 1 N–H and O–H groups in total. The van der Waals surface area contributed by atoms with Gasteiger partial charge in [-0.2, -0.15) is 13.2 Å². The first-order valence-corrected chi connectivity index (χ1v) is 6.32. The maximum absolute atomic E-state index is 12.1. The summed E-state index contributed by atoms with van der Waals surface area (Å²) in [5.41, 5.74) is 0. The normalized spacial score (nSPS) is 19.9.